The van der Waals surface area contributed by atoms with Gasteiger partial charge in [0.25, 0.3) is 5.56 Å². The molecule has 0 aliphatic carbocycles. The molecule has 1 aromatic rings. The maximum Gasteiger partial charge on any atom is 0.328 e. The van der Waals surface area contributed by atoms with Crippen molar-refractivity contribution in [2.75, 3.05) is 18.6 Å². The van der Waals surface area contributed by atoms with E-state index in [-0.39, 0.29) is 11.5 Å². The lowest BCUT2D eigenvalue weighted by Crippen LogP contribution is -2.41. The first kappa shape index (κ1) is 14.6. The molecule has 0 bridgehead atoms. The molecule has 2 heterocycles. The number of anilines is 1. The van der Waals surface area contributed by atoms with Crippen LogP contribution in [0.1, 0.15) is 26.7 Å². The quantitative estimate of drug-likeness (QED) is 0.771. The van der Waals surface area contributed by atoms with Crippen molar-refractivity contribution >= 4 is 11.8 Å². The fraction of sp³-hybridized carbons (Fsp3) is 0.643. The Hall–Kier alpha value is -1.85. The van der Waals surface area contributed by atoms with E-state index in [0.29, 0.717) is 31.2 Å². The van der Waals surface area contributed by atoms with Crippen molar-refractivity contribution in [2.45, 2.75) is 39.3 Å². The van der Waals surface area contributed by atoms with Gasteiger partial charge in [0.05, 0.1) is 7.11 Å². The first-order valence-electron chi connectivity index (χ1n) is 6.94. The number of methoxy groups -OCH3 is 1. The second-order valence-corrected chi connectivity index (χ2v) is 5.48. The molecule has 1 aliphatic heterocycles. The minimum Gasteiger partial charge on any atom is -0.467 e. The van der Waals surface area contributed by atoms with Crippen molar-refractivity contribution in [1.29, 1.82) is 0 Å². The highest BCUT2D eigenvalue weighted by Crippen LogP contribution is 2.22. The monoisotopic (exact) mass is 279 g/mol. The van der Waals surface area contributed by atoms with E-state index in [4.69, 9.17) is 4.74 Å². The Morgan fingerprint density at radius 1 is 1.55 bits per heavy atom. The molecule has 6 nitrogen and oxygen atoms in total. The van der Waals surface area contributed by atoms with E-state index in [1.807, 2.05) is 0 Å². The molecule has 0 saturated carbocycles. The van der Waals surface area contributed by atoms with E-state index in [0.717, 1.165) is 6.42 Å². The first-order chi connectivity index (χ1) is 9.54. The first-order valence-corrected chi connectivity index (χ1v) is 6.94. The van der Waals surface area contributed by atoms with Crippen LogP contribution in [0.2, 0.25) is 0 Å². The van der Waals surface area contributed by atoms with E-state index in [1.54, 1.807) is 21.9 Å². The molecule has 1 unspecified atom stereocenters. The lowest BCUT2D eigenvalue weighted by Gasteiger charge is -2.23. The van der Waals surface area contributed by atoms with Gasteiger partial charge in [-0.2, -0.15) is 0 Å². The van der Waals surface area contributed by atoms with Gasteiger partial charge in [-0.15, -0.1) is 0 Å². The molecule has 0 amide bonds. The van der Waals surface area contributed by atoms with Crippen molar-refractivity contribution in [1.82, 2.24) is 9.55 Å². The SMILES string of the molecule is COC(=O)C1CCCN1c1nccn(CC(C)C)c1=O. The molecule has 6 heteroatoms. The zero-order chi connectivity index (χ0) is 14.7. The van der Waals surface area contributed by atoms with Crippen LogP contribution in [0, 0.1) is 5.92 Å². The van der Waals surface area contributed by atoms with Gasteiger partial charge in [0.15, 0.2) is 5.82 Å². The van der Waals surface area contributed by atoms with Crippen LogP contribution in [0.4, 0.5) is 5.82 Å². The van der Waals surface area contributed by atoms with Crippen molar-refractivity contribution in [3.63, 3.8) is 0 Å². The third kappa shape index (κ3) is 2.84. The Balaban J connectivity index is 2.33. The zero-order valence-electron chi connectivity index (χ0n) is 12.2. The van der Waals surface area contributed by atoms with Crippen LogP contribution in [0.5, 0.6) is 0 Å². The van der Waals surface area contributed by atoms with Crippen LogP contribution in [-0.4, -0.2) is 35.2 Å². The van der Waals surface area contributed by atoms with Gasteiger partial charge in [0.2, 0.25) is 0 Å². The highest BCUT2D eigenvalue weighted by Gasteiger charge is 2.34. The summed E-state index contributed by atoms with van der Waals surface area (Å²) in [4.78, 5) is 30.2. The van der Waals surface area contributed by atoms with Gasteiger partial charge in [-0.25, -0.2) is 9.78 Å². The minimum absolute atomic E-state index is 0.142. The number of carbonyl (C=O) groups excluding carboxylic acids is 1. The summed E-state index contributed by atoms with van der Waals surface area (Å²) < 4.78 is 6.46. The molecule has 2 rings (SSSR count). The standard InChI is InChI=1S/C14H21N3O3/c1-10(2)9-16-8-6-15-12(13(16)18)17-7-4-5-11(17)14(19)20-3/h6,8,10-11H,4-5,7,9H2,1-3H3. The van der Waals surface area contributed by atoms with Gasteiger partial charge in [-0.1, -0.05) is 13.8 Å². The van der Waals surface area contributed by atoms with Crippen LogP contribution in [0.15, 0.2) is 17.2 Å². The molecule has 1 fully saturated rings. The fourth-order valence-electron chi connectivity index (χ4n) is 2.57. The van der Waals surface area contributed by atoms with Crippen molar-refractivity contribution in [2.24, 2.45) is 5.92 Å². The van der Waals surface area contributed by atoms with E-state index in [9.17, 15) is 9.59 Å². The molecule has 0 N–H and O–H groups in total. The second kappa shape index (κ2) is 6.07. The predicted molar refractivity (Wildman–Crippen MR) is 75.7 cm³/mol. The van der Waals surface area contributed by atoms with Crippen molar-refractivity contribution in [3.05, 3.63) is 22.7 Å². The van der Waals surface area contributed by atoms with Gasteiger partial charge < -0.3 is 14.2 Å². The maximum absolute atomic E-state index is 12.5. The predicted octanol–water partition coefficient (Wildman–Crippen LogP) is 1.04. The Kier molecular flexibility index (Phi) is 4.42. The number of esters is 1. The maximum atomic E-state index is 12.5. The average molecular weight is 279 g/mol. The summed E-state index contributed by atoms with van der Waals surface area (Å²) in [6.07, 6.45) is 4.87. The molecule has 1 atom stereocenters. The molecular weight excluding hydrogens is 258 g/mol. The van der Waals surface area contributed by atoms with Gasteiger partial charge in [0.1, 0.15) is 6.04 Å². The summed E-state index contributed by atoms with van der Waals surface area (Å²) >= 11 is 0. The average Bonchev–Trinajstić information content (AvgIpc) is 2.89. The van der Waals surface area contributed by atoms with E-state index in [1.165, 1.54) is 7.11 Å². The number of carbonyl (C=O) groups is 1. The number of aromatic nitrogens is 2. The van der Waals surface area contributed by atoms with Crippen molar-refractivity contribution in [3.8, 4) is 0 Å². The molecular formula is C14H21N3O3. The van der Waals surface area contributed by atoms with Gasteiger partial charge in [0, 0.05) is 25.5 Å². The molecule has 0 radical (unpaired) electrons. The molecule has 20 heavy (non-hydrogen) atoms. The number of hydrogen-bond donors (Lipinski definition) is 0. The highest BCUT2D eigenvalue weighted by molar-refractivity contribution is 5.80. The van der Waals surface area contributed by atoms with E-state index in [2.05, 4.69) is 18.8 Å². The van der Waals surface area contributed by atoms with Gasteiger partial charge >= 0.3 is 5.97 Å². The number of ether oxygens (including phenoxy) is 1. The largest absolute Gasteiger partial charge is 0.467 e. The fourth-order valence-corrected chi connectivity index (χ4v) is 2.57. The molecule has 110 valence electrons. The van der Waals surface area contributed by atoms with Crippen LogP contribution < -0.4 is 10.5 Å². The zero-order valence-corrected chi connectivity index (χ0v) is 12.2. The van der Waals surface area contributed by atoms with Crippen LogP contribution in [0.25, 0.3) is 0 Å². The molecule has 1 aliphatic rings. The molecule has 1 aromatic heterocycles. The third-order valence-electron chi connectivity index (χ3n) is 3.46. The lowest BCUT2D eigenvalue weighted by molar-refractivity contribution is -0.141. The van der Waals surface area contributed by atoms with E-state index < -0.39 is 6.04 Å². The van der Waals surface area contributed by atoms with Crippen LogP contribution in [0.3, 0.4) is 0 Å². The Morgan fingerprint density at radius 3 is 2.95 bits per heavy atom. The topological polar surface area (TPSA) is 64.4 Å². The highest BCUT2D eigenvalue weighted by atomic mass is 16.5. The minimum atomic E-state index is -0.393. The van der Waals surface area contributed by atoms with Crippen LogP contribution in [-0.2, 0) is 16.1 Å². The lowest BCUT2D eigenvalue weighted by atomic mass is 10.2. The normalized spacial score (nSPS) is 18.6. The Morgan fingerprint density at radius 2 is 2.30 bits per heavy atom. The van der Waals surface area contributed by atoms with Gasteiger partial charge in [-0.05, 0) is 18.8 Å². The summed E-state index contributed by atoms with van der Waals surface area (Å²) in [7, 11) is 1.37. The summed E-state index contributed by atoms with van der Waals surface area (Å²) in [5, 5.41) is 0. The summed E-state index contributed by atoms with van der Waals surface area (Å²) in [5.41, 5.74) is -0.142. The molecule has 1 saturated heterocycles. The smallest absolute Gasteiger partial charge is 0.328 e. The number of nitrogens with zero attached hydrogens (tertiary/aromatic N) is 3. The second-order valence-electron chi connectivity index (χ2n) is 5.48. The summed E-state index contributed by atoms with van der Waals surface area (Å²) in [6.45, 7) is 5.41. The molecule has 0 aromatic carbocycles. The number of hydrogen-bond acceptors (Lipinski definition) is 5. The molecule has 0 spiro atoms. The Bertz CT molecular complexity index is 539. The van der Waals surface area contributed by atoms with E-state index >= 15 is 0 Å². The van der Waals surface area contributed by atoms with Gasteiger partial charge in [-0.3, -0.25) is 4.79 Å². The number of rotatable bonds is 4. The van der Waals surface area contributed by atoms with Crippen LogP contribution >= 0.6 is 0 Å². The summed E-state index contributed by atoms with van der Waals surface area (Å²) in [6, 6.07) is -0.393. The third-order valence-corrected chi connectivity index (χ3v) is 3.46. The Labute approximate surface area is 118 Å². The van der Waals surface area contributed by atoms with Crippen molar-refractivity contribution < 1.29 is 9.53 Å². The summed E-state index contributed by atoms with van der Waals surface area (Å²) in [5.74, 6) is 0.418.